The van der Waals surface area contributed by atoms with E-state index in [2.05, 4.69) is 10.3 Å². The number of benzene rings is 2. The van der Waals surface area contributed by atoms with Gasteiger partial charge in [-0.15, -0.1) is 22.7 Å². The molecule has 4 aromatic rings. The Kier molecular flexibility index (Phi) is 4.96. The monoisotopic (exact) mass is 446 g/mol. The number of rotatable bonds is 4. The summed E-state index contributed by atoms with van der Waals surface area (Å²) in [5.41, 5.74) is 1.39. The van der Waals surface area contributed by atoms with Crippen molar-refractivity contribution in [1.82, 2.24) is 4.98 Å². The molecule has 6 nitrogen and oxygen atoms in total. The summed E-state index contributed by atoms with van der Waals surface area (Å²) in [5.74, 6) is -4.69. The Bertz CT molecular complexity index is 1330. The minimum absolute atomic E-state index is 0.0339. The summed E-state index contributed by atoms with van der Waals surface area (Å²) in [6.45, 7) is 1.39. The molecule has 4 rings (SSSR count). The number of aromatic nitrogens is 1. The van der Waals surface area contributed by atoms with Gasteiger partial charge in [-0.25, -0.2) is 18.6 Å². The van der Waals surface area contributed by atoms with Gasteiger partial charge in [0.2, 0.25) is 0 Å². The summed E-state index contributed by atoms with van der Waals surface area (Å²) in [4.78, 5) is 28.6. The highest BCUT2D eigenvalue weighted by Gasteiger charge is 2.25. The number of fused-ring (bicyclic) bond motifs is 1. The Balaban J connectivity index is 1.75. The number of thiazole rings is 1. The van der Waals surface area contributed by atoms with Gasteiger partial charge in [0, 0.05) is 17.0 Å². The Morgan fingerprint density at radius 2 is 1.90 bits per heavy atom. The van der Waals surface area contributed by atoms with Gasteiger partial charge in [0.05, 0.1) is 31.9 Å². The lowest BCUT2D eigenvalue weighted by Crippen LogP contribution is -2.14. The first-order valence-corrected chi connectivity index (χ1v) is 10.2. The third-order valence-electron chi connectivity index (χ3n) is 4.47. The zero-order chi connectivity index (χ0) is 21.6. The lowest BCUT2D eigenvalue weighted by Gasteiger charge is -2.09. The molecule has 30 heavy (non-hydrogen) atoms. The summed E-state index contributed by atoms with van der Waals surface area (Å²) >= 11 is 2.15. The highest BCUT2D eigenvalue weighted by atomic mass is 32.1. The lowest BCUT2D eigenvalue weighted by atomic mass is 10.1. The molecule has 3 N–H and O–H groups in total. The van der Waals surface area contributed by atoms with Gasteiger partial charge < -0.3 is 15.5 Å². The molecule has 0 bridgehead atoms. The number of hydrogen-bond acceptors (Lipinski definition) is 6. The Morgan fingerprint density at radius 1 is 1.13 bits per heavy atom. The Labute approximate surface area is 176 Å². The van der Waals surface area contributed by atoms with E-state index in [0.29, 0.717) is 10.2 Å². The summed E-state index contributed by atoms with van der Waals surface area (Å²) < 4.78 is 29.1. The van der Waals surface area contributed by atoms with E-state index in [4.69, 9.17) is 0 Å². The number of aryl methyl sites for hydroxylation is 1. The molecule has 0 saturated carbocycles. The third-order valence-corrected chi connectivity index (χ3v) is 6.27. The average molecular weight is 446 g/mol. The average Bonchev–Trinajstić information content (AvgIpc) is 3.32. The minimum atomic E-state index is -1.42. The molecule has 1 amide bonds. The quantitative estimate of drug-likeness (QED) is 0.397. The molecule has 0 fully saturated rings. The summed E-state index contributed by atoms with van der Waals surface area (Å²) in [6.07, 6.45) is 0. The van der Waals surface area contributed by atoms with Crippen molar-refractivity contribution in [2.75, 3.05) is 5.32 Å². The van der Waals surface area contributed by atoms with Gasteiger partial charge in [-0.1, -0.05) is 12.1 Å². The molecule has 0 aliphatic heterocycles. The fraction of sp³-hybridized carbons (Fsp3) is 0.0500. The number of amides is 1. The molecule has 0 aliphatic rings. The molecule has 0 saturated heterocycles. The largest absolute Gasteiger partial charge is 0.507 e. The van der Waals surface area contributed by atoms with Gasteiger partial charge in [0.15, 0.2) is 11.6 Å². The number of halogens is 2. The lowest BCUT2D eigenvalue weighted by molar-refractivity contribution is 0.0699. The van der Waals surface area contributed by atoms with Crippen LogP contribution in [0.15, 0.2) is 35.2 Å². The number of carbonyl (C=O) groups excluding carboxylic acids is 1. The maximum absolute atomic E-state index is 14.4. The van der Waals surface area contributed by atoms with Crippen LogP contribution in [0.25, 0.3) is 20.7 Å². The zero-order valence-corrected chi connectivity index (χ0v) is 16.8. The molecule has 152 valence electrons. The van der Waals surface area contributed by atoms with Crippen LogP contribution in [0.1, 0.15) is 26.3 Å². The van der Waals surface area contributed by atoms with Crippen LogP contribution in [0.5, 0.6) is 5.75 Å². The van der Waals surface area contributed by atoms with Crippen molar-refractivity contribution >= 4 is 50.5 Å². The number of phenolic OH excluding ortho intramolecular Hbond substituents is 1. The van der Waals surface area contributed by atoms with Crippen molar-refractivity contribution in [3.63, 3.8) is 0 Å². The van der Waals surface area contributed by atoms with Gasteiger partial charge in [0.1, 0.15) is 11.3 Å². The van der Waals surface area contributed by atoms with Crippen molar-refractivity contribution in [3.05, 3.63) is 63.5 Å². The first-order valence-electron chi connectivity index (χ1n) is 8.45. The number of carboxylic acid groups (broad SMARTS) is 1. The smallest absolute Gasteiger partial charge is 0.339 e. The van der Waals surface area contributed by atoms with E-state index in [-0.39, 0.29) is 38.6 Å². The molecule has 2 heterocycles. The van der Waals surface area contributed by atoms with Gasteiger partial charge in [0.25, 0.3) is 5.91 Å². The van der Waals surface area contributed by atoms with Gasteiger partial charge >= 0.3 is 5.97 Å². The van der Waals surface area contributed by atoms with Gasteiger partial charge in [-0.3, -0.25) is 4.79 Å². The van der Waals surface area contributed by atoms with E-state index in [1.807, 2.05) is 0 Å². The van der Waals surface area contributed by atoms with Gasteiger partial charge in [-0.05, 0) is 18.6 Å². The van der Waals surface area contributed by atoms with Crippen LogP contribution in [0.2, 0.25) is 0 Å². The van der Waals surface area contributed by atoms with Crippen molar-refractivity contribution in [2.45, 2.75) is 6.92 Å². The standard InChI is InChI=1S/C20H12F2N2O4S2/c1-8-2-3-9(17(22)16(8)21)18-15(20(27)28)12(6-29-18)24-19(26)10-4-11-14(5-13(10)25)30-7-23-11/h2-7,25H,1H3,(H,24,26)(H,27,28). The predicted molar refractivity (Wildman–Crippen MR) is 111 cm³/mol. The van der Waals surface area contributed by atoms with Crippen LogP contribution < -0.4 is 5.32 Å². The topological polar surface area (TPSA) is 99.5 Å². The summed E-state index contributed by atoms with van der Waals surface area (Å²) in [5, 5.41) is 23.5. The molecule has 0 spiro atoms. The van der Waals surface area contributed by atoms with Crippen LogP contribution >= 0.6 is 22.7 Å². The molecular formula is C20H12F2N2O4S2. The number of anilines is 1. The second-order valence-electron chi connectivity index (χ2n) is 6.36. The van der Waals surface area contributed by atoms with E-state index in [1.165, 1.54) is 47.9 Å². The number of nitrogens with zero attached hydrogens (tertiary/aromatic N) is 1. The molecule has 2 aromatic carbocycles. The molecule has 10 heteroatoms. The zero-order valence-electron chi connectivity index (χ0n) is 15.2. The number of thiophene rings is 1. The summed E-state index contributed by atoms with van der Waals surface area (Å²) in [7, 11) is 0. The van der Waals surface area contributed by atoms with E-state index in [0.717, 1.165) is 11.3 Å². The first-order chi connectivity index (χ1) is 14.3. The number of aromatic hydroxyl groups is 1. The SMILES string of the molecule is Cc1ccc(-c2scc(NC(=O)c3cc4ncsc4cc3O)c2C(=O)O)c(F)c1F. The fourth-order valence-corrected chi connectivity index (χ4v) is 4.65. The van der Waals surface area contributed by atoms with Crippen LogP contribution in [-0.4, -0.2) is 27.1 Å². The van der Waals surface area contributed by atoms with E-state index < -0.39 is 23.5 Å². The maximum Gasteiger partial charge on any atom is 0.339 e. The van der Waals surface area contributed by atoms with Crippen LogP contribution in [0.4, 0.5) is 14.5 Å². The Morgan fingerprint density at radius 3 is 2.63 bits per heavy atom. The highest BCUT2D eigenvalue weighted by Crippen LogP contribution is 2.39. The maximum atomic E-state index is 14.4. The number of phenols is 1. The molecule has 0 atom stereocenters. The van der Waals surface area contributed by atoms with Crippen LogP contribution in [0.3, 0.4) is 0 Å². The molecule has 2 aromatic heterocycles. The fourth-order valence-electron chi connectivity index (χ4n) is 2.95. The number of carbonyl (C=O) groups is 2. The second kappa shape index (κ2) is 7.47. The number of hydrogen-bond donors (Lipinski definition) is 3. The first kappa shape index (κ1) is 19.9. The van der Waals surface area contributed by atoms with Crippen LogP contribution in [-0.2, 0) is 0 Å². The van der Waals surface area contributed by atoms with E-state index >= 15 is 0 Å². The van der Waals surface area contributed by atoms with E-state index in [9.17, 15) is 28.6 Å². The van der Waals surface area contributed by atoms with E-state index in [1.54, 1.807) is 5.51 Å². The third kappa shape index (κ3) is 3.29. The number of nitrogens with one attached hydrogen (secondary N) is 1. The molecule has 0 aliphatic carbocycles. The second-order valence-corrected chi connectivity index (χ2v) is 8.13. The molecule has 0 radical (unpaired) electrons. The van der Waals surface area contributed by atoms with Gasteiger partial charge in [-0.2, -0.15) is 0 Å². The van der Waals surface area contributed by atoms with Crippen LogP contribution in [0, 0.1) is 18.6 Å². The summed E-state index contributed by atoms with van der Waals surface area (Å²) in [6, 6.07) is 5.42. The van der Waals surface area contributed by atoms with Crippen molar-refractivity contribution in [2.24, 2.45) is 0 Å². The highest BCUT2D eigenvalue weighted by molar-refractivity contribution is 7.16. The molecular weight excluding hydrogens is 434 g/mol. The number of carboxylic acids is 1. The Hall–Kier alpha value is -3.37. The van der Waals surface area contributed by atoms with Crippen molar-refractivity contribution < 1.29 is 28.6 Å². The minimum Gasteiger partial charge on any atom is -0.507 e. The molecule has 0 unspecified atom stereocenters. The number of aromatic carboxylic acids is 1. The normalized spacial score (nSPS) is 11.0. The predicted octanol–water partition coefficient (Wildman–Crippen LogP) is 5.27. The van der Waals surface area contributed by atoms with Crippen molar-refractivity contribution in [3.8, 4) is 16.2 Å². The van der Waals surface area contributed by atoms with Crippen molar-refractivity contribution in [1.29, 1.82) is 0 Å².